The molecule has 0 bridgehead atoms. The first-order chi connectivity index (χ1) is 7.87. The molecule has 0 spiro atoms. The second kappa shape index (κ2) is 6.09. The van der Waals surface area contributed by atoms with Gasteiger partial charge in [-0.2, -0.15) is 13.2 Å². The lowest BCUT2D eigenvalue weighted by Crippen LogP contribution is -2.37. The molecule has 1 saturated heterocycles. The molecule has 0 atom stereocenters. The average molecular weight is 254 g/mol. The molecule has 1 fully saturated rings. The highest BCUT2D eigenvalue weighted by Gasteiger charge is 2.29. The Morgan fingerprint density at radius 2 is 2.00 bits per heavy atom. The van der Waals surface area contributed by atoms with E-state index in [1.807, 2.05) is 7.05 Å². The van der Waals surface area contributed by atoms with Gasteiger partial charge in [0.05, 0.1) is 0 Å². The Morgan fingerprint density at radius 3 is 2.53 bits per heavy atom. The number of piperidine rings is 1. The second-order valence-electron chi connectivity index (χ2n) is 4.32. The molecule has 0 aromatic carbocycles. The minimum Gasteiger partial charge on any atom is -0.440 e. The van der Waals surface area contributed by atoms with Gasteiger partial charge in [-0.15, -0.1) is 0 Å². The molecule has 4 nitrogen and oxygen atoms in total. The van der Waals surface area contributed by atoms with Crippen LogP contribution in [-0.2, 0) is 4.74 Å². The van der Waals surface area contributed by atoms with Crippen LogP contribution in [0.15, 0.2) is 0 Å². The van der Waals surface area contributed by atoms with Crippen molar-refractivity contribution in [2.75, 3.05) is 33.3 Å². The molecule has 0 saturated carbocycles. The van der Waals surface area contributed by atoms with Crippen LogP contribution in [0.4, 0.5) is 18.0 Å². The number of alkyl halides is 3. The lowest BCUT2D eigenvalue weighted by Gasteiger charge is -2.28. The van der Waals surface area contributed by atoms with Crippen molar-refractivity contribution in [3.05, 3.63) is 0 Å². The third-order valence-electron chi connectivity index (χ3n) is 2.74. The minimum atomic E-state index is -4.47. The van der Waals surface area contributed by atoms with Crippen LogP contribution < -0.4 is 5.32 Å². The summed E-state index contributed by atoms with van der Waals surface area (Å²) in [5, 5.41) is 2.36. The Kier molecular flexibility index (Phi) is 5.04. The third kappa shape index (κ3) is 6.35. The van der Waals surface area contributed by atoms with E-state index >= 15 is 0 Å². The van der Waals surface area contributed by atoms with Gasteiger partial charge in [0, 0.05) is 6.54 Å². The predicted octanol–water partition coefficient (Wildman–Crippen LogP) is 1.62. The third-order valence-corrected chi connectivity index (χ3v) is 2.74. The zero-order chi connectivity index (χ0) is 12.9. The topological polar surface area (TPSA) is 41.6 Å². The summed E-state index contributed by atoms with van der Waals surface area (Å²) < 4.78 is 39.3. The highest BCUT2D eigenvalue weighted by atomic mass is 19.4. The number of nitrogens with zero attached hydrogens (tertiary/aromatic N) is 1. The summed E-state index contributed by atoms with van der Waals surface area (Å²) in [6, 6.07) is 0. The lowest BCUT2D eigenvalue weighted by atomic mass is 9.97. The van der Waals surface area contributed by atoms with Crippen LogP contribution in [0, 0.1) is 5.92 Å². The normalized spacial score (nSPS) is 19.1. The van der Waals surface area contributed by atoms with Crippen molar-refractivity contribution >= 4 is 6.09 Å². The van der Waals surface area contributed by atoms with Gasteiger partial charge in [-0.3, -0.25) is 0 Å². The number of alkyl carbamates (subject to hydrolysis) is 1. The molecule has 0 aromatic heterocycles. The molecular weight excluding hydrogens is 237 g/mol. The molecule has 0 aromatic rings. The molecule has 0 aliphatic carbocycles. The number of rotatable bonds is 3. The van der Waals surface area contributed by atoms with Crippen molar-refractivity contribution in [1.82, 2.24) is 10.2 Å². The SMILES string of the molecule is CN1CCC(CNC(=O)OCC(F)(F)F)CC1. The largest absolute Gasteiger partial charge is 0.440 e. The maximum Gasteiger partial charge on any atom is 0.422 e. The Labute approximate surface area is 98.1 Å². The quantitative estimate of drug-likeness (QED) is 0.832. The highest BCUT2D eigenvalue weighted by Crippen LogP contribution is 2.16. The number of hydrogen-bond donors (Lipinski definition) is 1. The van der Waals surface area contributed by atoms with Gasteiger partial charge in [0.25, 0.3) is 0 Å². The minimum absolute atomic E-state index is 0.324. The average Bonchev–Trinajstić information content (AvgIpc) is 2.25. The van der Waals surface area contributed by atoms with E-state index in [-0.39, 0.29) is 0 Å². The van der Waals surface area contributed by atoms with Crippen LogP contribution in [-0.4, -0.2) is 50.5 Å². The Bertz CT molecular complexity index is 250. The number of hydrogen-bond acceptors (Lipinski definition) is 3. The zero-order valence-electron chi connectivity index (χ0n) is 9.72. The molecule has 1 aliphatic heterocycles. The van der Waals surface area contributed by atoms with Gasteiger partial charge in [0.1, 0.15) is 0 Å². The standard InChI is InChI=1S/C10H17F3N2O2/c1-15-4-2-8(3-5-15)6-14-9(16)17-7-10(11,12)13/h8H,2-7H2,1H3,(H,14,16). The molecule has 0 radical (unpaired) electrons. The van der Waals surface area contributed by atoms with E-state index in [1.54, 1.807) is 0 Å². The molecule has 100 valence electrons. The number of halogens is 3. The maximum absolute atomic E-state index is 11.7. The molecule has 0 unspecified atom stereocenters. The van der Waals surface area contributed by atoms with Crippen molar-refractivity contribution in [2.45, 2.75) is 19.0 Å². The van der Waals surface area contributed by atoms with Crippen LogP contribution in [0.5, 0.6) is 0 Å². The summed E-state index contributed by atoms with van der Waals surface area (Å²) in [6.07, 6.45) is -3.59. The summed E-state index contributed by atoms with van der Waals surface area (Å²) in [5.74, 6) is 0.324. The molecule has 7 heteroatoms. The number of ether oxygens (including phenoxy) is 1. The summed E-state index contributed by atoms with van der Waals surface area (Å²) in [6.45, 7) is 0.741. The van der Waals surface area contributed by atoms with E-state index in [0.717, 1.165) is 25.9 Å². The number of nitrogens with one attached hydrogen (secondary N) is 1. The van der Waals surface area contributed by atoms with E-state index in [2.05, 4.69) is 15.0 Å². The smallest absolute Gasteiger partial charge is 0.422 e. The molecule has 1 rings (SSSR count). The number of likely N-dealkylation sites (tertiary alicyclic amines) is 1. The first-order valence-electron chi connectivity index (χ1n) is 5.53. The van der Waals surface area contributed by atoms with E-state index in [1.165, 1.54) is 0 Å². The van der Waals surface area contributed by atoms with Crippen molar-refractivity contribution in [3.8, 4) is 0 Å². The molecule has 1 amide bonds. The number of amides is 1. The van der Waals surface area contributed by atoms with Gasteiger partial charge in [-0.25, -0.2) is 4.79 Å². The summed E-state index contributed by atoms with van der Waals surface area (Å²) in [5.41, 5.74) is 0. The fourth-order valence-corrected chi connectivity index (χ4v) is 1.69. The van der Waals surface area contributed by atoms with Gasteiger partial charge in [0.15, 0.2) is 6.61 Å². The first kappa shape index (κ1) is 14.1. The molecule has 1 heterocycles. The second-order valence-corrected chi connectivity index (χ2v) is 4.32. The monoisotopic (exact) mass is 254 g/mol. The van der Waals surface area contributed by atoms with E-state index in [0.29, 0.717) is 12.5 Å². The van der Waals surface area contributed by atoms with Gasteiger partial charge in [-0.05, 0) is 38.9 Å². The summed E-state index contributed by atoms with van der Waals surface area (Å²) in [7, 11) is 2.02. The van der Waals surface area contributed by atoms with Crippen LogP contribution in [0.3, 0.4) is 0 Å². The maximum atomic E-state index is 11.7. The van der Waals surface area contributed by atoms with Crippen molar-refractivity contribution in [1.29, 1.82) is 0 Å². The first-order valence-corrected chi connectivity index (χ1v) is 5.53. The summed E-state index contributed by atoms with van der Waals surface area (Å²) >= 11 is 0. The lowest BCUT2D eigenvalue weighted by molar-refractivity contribution is -0.160. The fourth-order valence-electron chi connectivity index (χ4n) is 1.69. The number of carbonyl (C=O) groups is 1. The van der Waals surface area contributed by atoms with E-state index in [9.17, 15) is 18.0 Å². The highest BCUT2D eigenvalue weighted by molar-refractivity contribution is 5.67. The van der Waals surface area contributed by atoms with Crippen molar-refractivity contribution < 1.29 is 22.7 Å². The number of carbonyl (C=O) groups excluding carboxylic acids is 1. The predicted molar refractivity (Wildman–Crippen MR) is 55.6 cm³/mol. The fraction of sp³-hybridized carbons (Fsp3) is 0.900. The van der Waals surface area contributed by atoms with Gasteiger partial charge in [-0.1, -0.05) is 0 Å². The van der Waals surface area contributed by atoms with E-state index < -0.39 is 18.9 Å². The van der Waals surface area contributed by atoms with Crippen molar-refractivity contribution in [2.24, 2.45) is 5.92 Å². The Balaban J connectivity index is 2.11. The Morgan fingerprint density at radius 1 is 1.41 bits per heavy atom. The van der Waals surface area contributed by atoms with Gasteiger partial charge >= 0.3 is 12.3 Å². The Hall–Kier alpha value is -0.980. The molecule has 17 heavy (non-hydrogen) atoms. The van der Waals surface area contributed by atoms with Gasteiger partial charge < -0.3 is 15.0 Å². The summed E-state index contributed by atoms with van der Waals surface area (Å²) in [4.78, 5) is 13.1. The van der Waals surface area contributed by atoms with Crippen LogP contribution in [0.2, 0.25) is 0 Å². The zero-order valence-corrected chi connectivity index (χ0v) is 9.72. The van der Waals surface area contributed by atoms with Crippen LogP contribution >= 0.6 is 0 Å². The van der Waals surface area contributed by atoms with Gasteiger partial charge in [0.2, 0.25) is 0 Å². The van der Waals surface area contributed by atoms with Crippen LogP contribution in [0.1, 0.15) is 12.8 Å². The van der Waals surface area contributed by atoms with Crippen molar-refractivity contribution in [3.63, 3.8) is 0 Å². The van der Waals surface area contributed by atoms with E-state index in [4.69, 9.17) is 0 Å². The van der Waals surface area contributed by atoms with Crippen LogP contribution in [0.25, 0.3) is 0 Å². The molecule has 1 aliphatic rings. The molecular formula is C10H17F3N2O2. The molecule has 1 N–H and O–H groups in total.